The number of benzene rings is 1. The highest BCUT2D eigenvalue weighted by Crippen LogP contribution is 2.09. The van der Waals surface area contributed by atoms with Crippen molar-refractivity contribution in [3.8, 4) is 5.75 Å². The van der Waals surface area contributed by atoms with E-state index >= 15 is 0 Å². The third-order valence-electron chi connectivity index (χ3n) is 2.69. The van der Waals surface area contributed by atoms with Crippen LogP contribution in [0.5, 0.6) is 5.75 Å². The molecule has 1 aromatic carbocycles. The molecule has 5 heteroatoms. The van der Waals surface area contributed by atoms with E-state index in [1.807, 2.05) is 30.3 Å². The summed E-state index contributed by atoms with van der Waals surface area (Å²) in [5.41, 5.74) is 5.44. The summed E-state index contributed by atoms with van der Waals surface area (Å²) in [4.78, 5) is 4.31. The lowest BCUT2D eigenvalue weighted by Gasteiger charge is -2.02. The van der Waals surface area contributed by atoms with Crippen LogP contribution in [0, 0.1) is 0 Å². The fourth-order valence-electron chi connectivity index (χ4n) is 1.69. The van der Waals surface area contributed by atoms with Gasteiger partial charge in [-0.3, -0.25) is 0 Å². The Morgan fingerprint density at radius 2 is 1.95 bits per heavy atom. The van der Waals surface area contributed by atoms with Gasteiger partial charge in [0, 0.05) is 12.8 Å². The maximum Gasteiger partial charge on any atom is 0.226 e. The second-order valence-electron chi connectivity index (χ2n) is 4.26. The molecule has 0 radical (unpaired) electrons. The molecule has 5 nitrogen and oxygen atoms in total. The Hall–Kier alpha value is -1.88. The second kappa shape index (κ2) is 7.53. The SMILES string of the molecule is NCCCCc1nc(CCOc2ccccc2)no1. The highest BCUT2D eigenvalue weighted by atomic mass is 16.5. The van der Waals surface area contributed by atoms with E-state index in [2.05, 4.69) is 10.1 Å². The Kier molecular flexibility index (Phi) is 5.37. The molecule has 0 atom stereocenters. The normalized spacial score (nSPS) is 10.6. The first-order valence-corrected chi connectivity index (χ1v) is 6.58. The van der Waals surface area contributed by atoms with Crippen LogP contribution in [0.15, 0.2) is 34.9 Å². The molecule has 0 bridgehead atoms. The fourth-order valence-corrected chi connectivity index (χ4v) is 1.69. The number of aromatic nitrogens is 2. The van der Waals surface area contributed by atoms with Crippen LogP contribution in [0.2, 0.25) is 0 Å². The minimum Gasteiger partial charge on any atom is -0.493 e. The molecule has 0 amide bonds. The second-order valence-corrected chi connectivity index (χ2v) is 4.26. The van der Waals surface area contributed by atoms with Gasteiger partial charge in [0.05, 0.1) is 6.61 Å². The lowest BCUT2D eigenvalue weighted by Crippen LogP contribution is -2.03. The van der Waals surface area contributed by atoms with Gasteiger partial charge < -0.3 is 15.0 Å². The predicted molar refractivity (Wildman–Crippen MR) is 71.9 cm³/mol. The summed E-state index contributed by atoms with van der Waals surface area (Å²) in [6.45, 7) is 1.25. The molecule has 0 saturated carbocycles. The number of unbranched alkanes of at least 4 members (excludes halogenated alkanes) is 1. The average molecular weight is 261 g/mol. The summed E-state index contributed by atoms with van der Waals surface area (Å²) in [6.07, 6.45) is 3.41. The Morgan fingerprint density at radius 1 is 1.11 bits per heavy atom. The molecule has 0 fully saturated rings. The van der Waals surface area contributed by atoms with Gasteiger partial charge in [0.15, 0.2) is 5.82 Å². The van der Waals surface area contributed by atoms with Crippen molar-refractivity contribution in [3.63, 3.8) is 0 Å². The average Bonchev–Trinajstić information content (AvgIpc) is 2.88. The van der Waals surface area contributed by atoms with E-state index < -0.39 is 0 Å². The molecule has 0 aliphatic carbocycles. The number of nitrogens with zero attached hydrogens (tertiary/aromatic N) is 2. The van der Waals surface area contributed by atoms with Crippen molar-refractivity contribution in [3.05, 3.63) is 42.0 Å². The van der Waals surface area contributed by atoms with E-state index in [4.69, 9.17) is 15.0 Å². The number of hydrogen-bond donors (Lipinski definition) is 1. The molecule has 2 rings (SSSR count). The number of ether oxygens (including phenoxy) is 1. The Bertz CT molecular complexity index is 471. The van der Waals surface area contributed by atoms with Crippen molar-refractivity contribution in [1.29, 1.82) is 0 Å². The molecule has 2 N–H and O–H groups in total. The van der Waals surface area contributed by atoms with Crippen LogP contribution in [-0.2, 0) is 12.8 Å². The largest absolute Gasteiger partial charge is 0.493 e. The van der Waals surface area contributed by atoms with Gasteiger partial charge in [-0.25, -0.2) is 0 Å². The number of rotatable bonds is 8. The minimum atomic E-state index is 0.547. The van der Waals surface area contributed by atoms with E-state index in [0.717, 1.165) is 25.0 Å². The van der Waals surface area contributed by atoms with Crippen LogP contribution >= 0.6 is 0 Å². The monoisotopic (exact) mass is 261 g/mol. The molecular formula is C14H19N3O2. The standard InChI is InChI=1S/C14H19N3O2/c15-10-5-4-8-14-16-13(17-19-14)9-11-18-12-6-2-1-3-7-12/h1-3,6-7H,4-5,8-11,15H2. The van der Waals surface area contributed by atoms with E-state index in [1.165, 1.54) is 0 Å². The van der Waals surface area contributed by atoms with Crippen LogP contribution < -0.4 is 10.5 Å². The summed E-state index contributed by atoms with van der Waals surface area (Å²) in [7, 11) is 0. The van der Waals surface area contributed by atoms with Crippen LogP contribution in [0.25, 0.3) is 0 Å². The summed E-state index contributed by atoms with van der Waals surface area (Å²) in [5, 5.41) is 3.93. The van der Waals surface area contributed by atoms with Crippen molar-refractivity contribution in [2.45, 2.75) is 25.7 Å². The molecule has 0 aliphatic rings. The smallest absolute Gasteiger partial charge is 0.226 e. The Morgan fingerprint density at radius 3 is 2.74 bits per heavy atom. The molecule has 2 aromatic rings. The maximum absolute atomic E-state index is 5.58. The Balaban J connectivity index is 1.71. The Labute approximate surface area is 112 Å². The molecule has 19 heavy (non-hydrogen) atoms. The zero-order valence-electron chi connectivity index (χ0n) is 10.9. The molecule has 0 aliphatic heterocycles. The first kappa shape index (κ1) is 13.5. The topological polar surface area (TPSA) is 74.2 Å². The minimum absolute atomic E-state index is 0.547. The predicted octanol–water partition coefficient (Wildman–Crippen LogP) is 1.97. The third kappa shape index (κ3) is 4.71. The van der Waals surface area contributed by atoms with Crippen molar-refractivity contribution >= 4 is 0 Å². The van der Waals surface area contributed by atoms with Crippen molar-refractivity contribution in [2.75, 3.05) is 13.2 Å². The van der Waals surface area contributed by atoms with Gasteiger partial charge >= 0.3 is 0 Å². The maximum atomic E-state index is 5.58. The van der Waals surface area contributed by atoms with E-state index in [1.54, 1.807) is 0 Å². The molecule has 102 valence electrons. The van der Waals surface area contributed by atoms with Crippen LogP contribution in [0.4, 0.5) is 0 Å². The first-order chi connectivity index (χ1) is 9.38. The zero-order valence-corrected chi connectivity index (χ0v) is 10.9. The molecule has 0 unspecified atom stereocenters. The van der Waals surface area contributed by atoms with Gasteiger partial charge in [0.2, 0.25) is 5.89 Å². The van der Waals surface area contributed by atoms with E-state index in [0.29, 0.717) is 31.3 Å². The van der Waals surface area contributed by atoms with E-state index in [-0.39, 0.29) is 0 Å². The number of para-hydroxylation sites is 1. The van der Waals surface area contributed by atoms with Crippen LogP contribution in [0.1, 0.15) is 24.6 Å². The van der Waals surface area contributed by atoms with Gasteiger partial charge in [-0.15, -0.1) is 0 Å². The van der Waals surface area contributed by atoms with Gasteiger partial charge in [-0.05, 0) is 31.5 Å². The van der Waals surface area contributed by atoms with Crippen molar-refractivity contribution in [2.24, 2.45) is 5.73 Å². The number of aryl methyl sites for hydroxylation is 1. The third-order valence-corrected chi connectivity index (χ3v) is 2.69. The fraction of sp³-hybridized carbons (Fsp3) is 0.429. The molecule has 0 saturated heterocycles. The number of nitrogens with two attached hydrogens (primary N) is 1. The summed E-state index contributed by atoms with van der Waals surface area (Å²) in [6, 6.07) is 9.70. The number of hydrogen-bond acceptors (Lipinski definition) is 5. The summed E-state index contributed by atoms with van der Waals surface area (Å²) in [5.74, 6) is 2.23. The van der Waals surface area contributed by atoms with Crippen molar-refractivity contribution < 1.29 is 9.26 Å². The summed E-state index contributed by atoms with van der Waals surface area (Å²) < 4.78 is 10.7. The van der Waals surface area contributed by atoms with Gasteiger partial charge in [-0.2, -0.15) is 4.98 Å². The molecule has 1 aromatic heterocycles. The highest BCUT2D eigenvalue weighted by Gasteiger charge is 2.06. The lowest BCUT2D eigenvalue weighted by molar-refractivity contribution is 0.313. The molecule has 0 spiro atoms. The van der Waals surface area contributed by atoms with Gasteiger partial charge in [0.25, 0.3) is 0 Å². The van der Waals surface area contributed by atoms with E-state index in [9.17, 15) is 0 Å². The first-order valence-electron chi connectivity index (χ1n) is 6.58. The van der Waals surface area contributed by atoms with Crippen LogP contribution in [0.3, 0.4) is 0 Å². The zero-order chi connectivity index (χ0) is 13.3. The van der Waals surface area contributed by atoms with Crippen molar-refractivity contribution in [1.82, 2.24) is 10.1 Å². The molecule has 1 heterocycles. The van der Waals surface area contributed by atoms with Crippen LogP contribution in [-0.4, -0.2) is 23.3 Å². The summed E-state index contributed by atoms with van der Waals surface area (Å²) >= 11 is 0. The molecular weight excluding hydrogens is 242 g/mol. The lowest BCUT2D eigenvalue weighted by atomic mass is 10.2. The quantitative estimate of drug-likeness (QED) is 0.735. The van der Waals surface area contributed by atoms with Gasteiger partial charge in [0.1, 0.15) is 5.75 Å². The highest BCUT2D eigenvalue weighted by molar-refractivity contribution is 5.20. The van der Waals surface area contributed by atoms with Gasteiger partial charge in [-0.1, -0.05) is 23.4 Å².